The number of benzene rings is 1. The lowest BCUT2D eigenvalue weighted by molar-refractivity contribution is 0.635. The molecule has 0 fully saturated rings. The Labute approximate surface area is 174 Å². The number of halogens is 3. The molecule has 0 spiro atoms. The van der Waals surface area contributed by atoms with Gasteiger partial charge in [-0.05, 0) is 36.6 Å². The Balaban J connectivity index is 1.88. The summed E-state index contributed by atoms with van der Waals surface area (Å²) in [5, 5.41) is 0. The van der Waals surface area contributed by atoms with Crippen molar-refractivity contribution in [2.75, 3.05) is 5.88 Å². The third kappa shape index (κ3) is 3.75. The number of hydrogen-bond acceptors (Lipinski definition) is 2. The van der Waals surface area contributed by atoms with Crippen molar-refractivity contribution in [3.05, 3.63) is 81.2 Å². The van der Waals surface area contributed by atoms with Crippen LogP contribution in [0.1, 0.15) is 12.2 Å². The number of pyridine rings is 1. The van der Waals surface area contributed by atoms with E-state index in [1.165, 1.54) is 12.1 Å². The molecule has 0 bridgehead atoms. The molecule has 4 rings (SSSR count). The van der Waals surface area contributed by atoms with E-state index in [0.29, 0.717) is 35.0 Å². The van der Waals surface area contributed by atoms with Gasteiger partial charge in [0.1, 0.15) is 11.7 Å². The van der Waals surface area contributed by atoms with Crippen LogP contribution in [0.4, 0.5) is 4.39 Å². The highest BCUT2D eigenvalue weighted by Gasteiger charge is 2.23. The number of nitrogens with one attached hydrogen (secondary N) is 2. The number of nitrogens with zero attached hydrogens (tertiary/aromatic N) is 1. The van der Waals surface area contributed by atoms with Crippen LogP contribution in [0.25, 0.3) is 28.1 Å². The van der Waals surface area contributed by atoms with Crippen LogP contribution >= 0.6 is 27.5 Å². The number of alkyl halides is 1. The van der Waals surface area contributed by atoms with Crippen LogP contribution in [0.5, 0.6) is 0 Å². The maximum Gasteiger partial charge on any atom is 0.248 e. The van der Waals surface area contributed by atoms with Crippen molar-refractivity contribution in [1.82, 2.24) is 15.0 Å². The summed E-state index contributed by atoms with van der Waals surface area (Å²) in [6.07, 6.45) is 5.26. The molecule has 3 aromatic rings. The summed E-state index contributed by atoms with van der Waals surface area (Å²) in [7, 11) is 0. The van der Waals surface area contributed by atoms with Gasteiger partial charge in [0, 0.05) is 39.3 Å². The molecular weight excluding hydrogens is 445 g/mol. The lowest BCUT2D eigenvalue weighted by Crippen LogP contribution is -2.06. The Bertz CT molecular complexity index is 1130. The smallest absolute Gasteiger partial charge is 0.248 e. The van der Waals surface area contributed by atoms with E-state index in [1.807, 2.05) is 24.3 Å². The minimum atomic E-state index is -0.324. The Kier molecular flexibility index (Phi) is 5.33. The van der Waals surface area contributed by atoms with Crippen LogP contribution in [0.15, 0.2) is 69.8 Å². The molecule has 1 atom stereocenters. The van der Waals surface area contributed by atoms with Crippen LogP contribution < -0.4 is 5.56 Å². The van der Waals surface area contributed by atoms with Crippen molar-refractivity contribution in [2.45, 2.75) is 6.42 Å². The fourth-order valence-corrected chi connectivity index (χ4v) is 3.68. The second-order valence-corrected chi connectivity index (χ2v) is 7.79. The van der Waals surface area contributed by atoms with E-state index in [1.54, 1.807) is 18.3 Å². The number of imidazole rings is 1. The molecule has 142 valence electrons. The monoisotopic (exact) mass is 459 g/mol. The number of aromatic amines is 2. The summed E-state index contributed by atoms with van der Waals surface area (Å²) in [6, 6.07) is 11.0. The van der Waals surface area contributed by atoms with Crippen LogP contribution in [0.2, 0.25) is 0 Å². The van der Waals surface area contributed by atoms with Gasteiger partial charge in [-0.3, -0.25) is 4.79 Å². The fourth-order valence-electron chi connectivity index (χ4n) is 3.21. The fraction of sp³-hybridized carbons (Fsp3) is 0.143. The summed E-state index contributed by atoms with van der Waals surface area (Å²) >= 11 is 9.40. The van der Waals surface area contributed by atoms with Crippen molar-refractivity contribution in [2.24, 2.45) is 5.92 Å². The van der Waals surface area contributed by atoms with E-state index in [2.05, 4.69) is 30.9 Å². The Morgan fingerprint density at radius 2 is 2.00 bits per heavy atom. The summed E-state index contributed by atoms with van der Waals surface area (Å²) in [5.41, 5.74) is 3.13. The van der Waals surface area contributed by atoms with E-state index in [-0.39, 0.29) is 17.3 Å². The molecule has 2 aromatic heterocycles. The molecule has 0 radical (unpaired) electrons. The van der Waals surface area contributed by atoms with E-state index in [4.69, 9.17) is 11.6 Å². The molecule has 0 saturated carbocycles. The van der Waals surface area contributed by atoms with Gasteiger partial charge in [0.2, 0.25) is 5.56 Å². The van der Waals surface area contributed by atoms with Crippen molar-refractivity contribution in [3.63, 3.8) is 0 Å². The first kappa shape index (κ1) is 18.9. The van der Waals surface area contributed by atoms with Crippen molar-refractivity contribution < 1.29 is 4.39 Å². The van der Waals surface area contributed by atoms with Gasteiger partial charge in [0.05, 0.1) is 11.4 Å². The first-order valence-corrected chi connectivity index (χ1v) is 10.1. The first-order valence-electron chi connectivity index (χ1n) is 8.73. The van der Waals surface area contributed by atoms with Gasteiger partial charge >= 0.3 is 0 Å². The number of hydrogen-bond donors (Lipinski definition) is 2. The molecule has 2 N–H and O–H groups in total. The number of allylic oxidation sites excluding steroid dienone is 4. The maximum absolute atomic E-state index is 14.5. The normalized spacial score (nSPS) is 16.6. The minimum Gasteiger partial charge on any atom is -0.338 e. The van der Waals surface area contributed by atoms with Crippen molar-refractivity contribution >= 4 is 33.1 Å². The quantitative estimate of drug-likeness (QED) is 0.491. The van der Waals surface area contributed by atoms with Crippen LogP contribution in [-0.2, 0) is 0 Å². The standard InChI is InChI=1S/C21H16BrClFN3O/c22-15-4-2-13(3-5-15)19-20(14-7-8-25-18(28)10-14)27-21(26-19)16-9-12(11-23)1-6-17(16)24/h1-8,10,12H,9,11H2,(H,25,28)(H,26,27). The Morgan fingerprint density at radius 3 is 2.71 bits per heavy atom. The number of rotatable bonds is 4. The topological polar surface area (TPSA) is 61.5 Å². The molecule has 1 aromatic carbocycles. The van der Waals surface area contributed by atoms with Gasteiger partial charge < -0.3 is 9.97 Å². The van der Waals surface area contributed by atoms with Gasteiger partial charge in [0.25, 0.3) is 0 Å². The maximum atomic E-state index is 14.5. The molecule has 2 heterocycles. The van der Waals surface area contributed by atoms with Gasteiger partial charge in [-0.1, -0.05) is 34.1 Å². The lowest BCUT2D eigenvalue weighted by Gasteiger charge is -2.15. The highest BCUT2D eigenvalue weighted by atomic mass is 79.9. The third-order valence-electron chi connectivity index (χ3n) is 4.64. The molecule has 0 amide bonds. The molecule has 1 aliphatic rings. The highest BCUT2D eigenvalue weighted by Crippen LogP contribution is 2.36. The predicted octanol–water partition coefficient (Wildman–Crippen LogP) is 5.69. The molecule has 1 unspecified atom stereocenters. The summed E-state index contributed by atoms with van der Waals surface area (Å²) in [6.45, 7) is 0. The van der Waals surface area contributed by atoms with E-state index < -0.39 is 0 Å². The van der Waals surface area contributed by atoms with Gasteiger partial charge in [0.15, 0.2) is 0 Å². The number of H-pyrrole nitrogens is 2. The lowest BCUT2D eigenvalue weighted by atomic mass is 9.94. The predicted molar refractivity (Wildman–Crippen MR) is 114 cm³/mol. The molecule has 0 saturated heterocycles. The SMILES string of the molecule is O=c1cc(-c2nc(C3=C(F)C=CC(CCl)C3)[nH]c2-c2ccc(Br)cc2)cc[nH]1. The summed E-state index contributed by atoms with van der Waals surface area (Å²) in [5.74, 6) is 0.592. The largest absolute Gasteiger partial charge is 0.338 e. The van der Waals surface area contributed by atoms with Crippen LogP contribution in [0.3, 0.4) is 0 Å². The van der Waals surface area contributed by atoms with E-state index in [0.717, 1.165) is 15.7 Å². The molecule has 7 heteroatoms. The van der Waals surface area contributed by atoms with E-state index >= 15 is 0 Å². The third-order valence-corrected chi connectivity index (χ3v) is 5.56. The average Bonchev–Trinajstić information content (AvgIpc) is 3.14. The van der Waals surface area contributed by atoms with E-state index in [9.17, 15) is 9.18 Å². The van der Waals surface area contributed by atoms with Gasteiger partial charge in [-0.25, -0.2) is 9.37 Å². The highest BCUT2D eigenvalue weighted by molar-refractivity contribution is 9.10. The molecular formula is C21H16BrClFN3O. The molecule has 1 aliphatic carbocycles. The molecule has 28 heavy (non-hydrogen) atoms. The Hall–Kier alpha value is -2.44. The molecule has 4 nitrogen and oxygen atoms in total. The zero-order chi connectivity index (χ0) is 19.7. The summed E-state index contributed by atoms with van der Waals surface area (Å²) in [4.78, 5) is 22.3. The minimum absolute atomic E-state index is 0.0559. The zero-order valence-electron chi connectivity index (χ0n) is 14.7. The second kappa shape index (κ2) is 7.89. The van der Waals surface area contributed by atoms with Gasteiger partial charge in [-0.2, -0.15) is 0 Å². The Morgan fingerprint density at radius 1 is 1.21 bits per heavy atom. The zero-order valence-corrected chi connectivity index (χ0v) is 17.0. The molecule has 0 aliphatic heterocycles. The second-order valence-electron chi connectivity index (χ2n) is 6.56. The van der Waals surface area contributed by atoms with Crippen LogP contribution in [0, 0.1) is 5.92 Å². The van der Waals surface area contributed by atoms with Crippen molar-refractivity contribution in [1.29, 1.82) is 0 Å². The summed E-state index contributed by atoms with van der Waals surface area (Å²) < 4.78 is 15.5. The first-order chi connectivity index (χ1) is 13.5. The number of aromatic nitrogens is 3. The van der Waals surface area contributed by atoms with Crippen LogP contribution in [-0.4, -0.2) is 20.8 Å². The van der Waals surface area contributed by atoms with Gasteiger partial charge in [-0.15, -0.1) is 11.6 Å². The van der Waals surface area contributed by atoms with Crippen molar-refractivity contribution in [3.8, 4) is 22.5 Å². The average molecular weight is 461 g/mol.